The Morgan fingerprint density at radius 3 is 2.87 bits per heavy atom. The summed E-state index contributed by atoms with van der Waals surface area (Å²) in [6.07, 6.45) is 4.70. The van der Waals surface area contributed by atoms with Crippen LogP contribution in [0, 0.1) is 11.3 Å². The van der Waals surface area contributed by atoms with Gasteiger partial charge in [0.1, 0.15) is 11.6 Å². The normalized spacial score (nSPS) is 17.7. The van der Waals surface area contributed by atoms with Crippen molar-refractivity contribution < 1.29 is 14.5 Å². The molecular formula is C17H18N3O2S+. The summed E-state index contributed by atoms with van der Waals surface area (Å²) in [6, 6.07) is 11.4. The summed E-state index contributed by atoms with van der Waals surface area (Å²) < 4.78 is 5.07. The van der Waals surface area contributed by atoms with Crippen LogP contribution in [0.25, 0.3) is 5.57 Å². The number of thioether (sulfide) groups is 1. The maximum atomic E-state index is 12.8. The van der Waals surface area contributed by atoms with Crippen LogP contribution >= 0.6 is 11.8 Å². The highest BCUT2D eigenvalue weighted by Gasteiger charge is 2.32. The summed E-state index contributed by atoms with van der Waals surface area (Å²) in [7, 11) is 3.25. The Labute approximate surface area is 140 Å². The number of allylic oxidation sites excluding steroid dienone is 1. The largest absolute Gasteiger partial charge is 0.503 e. The lowest BCUT2D eigenvalue weighted by molar-refractivity contribution is -0.480. The molecule has 0 fully saturated rings. The van der Waals surface area contributed by atoms with E-state index in [4.69, 9.17) is 10.00 Å². The molecule has 1 aliphatic heterocycles. The second-order valence-electron chi connectivity index (χ2n) is 4.85. The van der Waals surface area contributed by atoms with E-state index >= 15 is 0 Å². The summed E-state index contributed by atoms with van der Waals surface area (Å²) in [5, 5.41) is 9.35. The van der Waals surface area contributed by atoms with Crippen LogP contribution in [0.5, 0.6) is 0 Å². The van der Waals surface area contributed by atoms with Crippen molar-refractivity contribution in [1.29, 1.82) is 5.26 Å². The maximum Gasteiger partial charge on any atom is 0.345 e. The van der Waals surface area contributed by atoms with Crippen LogP contribution in [0.2, 0.25) is 0 Å². The number of ether oxygens (including phenoxy) is 1. The van der Waals surface area contributed by atoms with Crippen molar-refractivity contribution in [2.75, 3.05) is 19.9 Å². The van der Waals surface area contributed by atoms with Crippen LogP contribution in [0.4, 0.5) is 0 Å². The molecule has 0 saturated heterocycles. The lowest BCUT2D eigenvalue weighted by atomic mass is 10.1. The first-order chi connectivity index (χ1) is 11.2. The van der Waals surface area contributed by atoms with E-state index in [1.807, 2.05) is 36.4 Å². The summed E-state index contributed by atoms with van der Waals surface area (Å²) in [6.45, 7) is 0. The Hall–Kier alpha value is -2.52. The Kier molecular flexibility index (Phi) is 6.01. The van der Waals surface area contributed by atoms with Gasteiger partial charge >= 0.3 is 11.1 Å². The molecule has 1 aromatic carbocycles. The fourth-order valence-electron chi connectivity index (χ4n) is 2.12. The number of nitriles is 1. The van der Waals surface area contributed by atoms with Gasteiger partial charge in [0, 0.05) is 11.8 Å². The molecule has 1 amide bonds. The number of amides is 1. The van der Waals surface area contributed by atoms with Crippen LogP contribution in [0.15, 0.2) is 48.7 Å². The second-order valence-corrected chi connectivity index (χ2v) is 5.86. The molecule has 23 heavy (non-hydrogen) atoms. The zero-order chi connectivity index (χ0) is 16.7. The van der Waals surface area contributed by atoms with Crippen LogP contribution in [0.3, 0.4) is 0 Å². The minimum atomic E-state index is -0.155. The molecule has 1 unspecified atom stereocenters. The highest BCUT2D eigenvalue weighted by molar-refractivity contribution is 8.13. The smallest absolute Gasteiger partial charge is 0.345 e. The highest BCUT2D eigenvalue weighted by atomic mass is 32.2. The van der Waals surface area contributed by atoms with Crippen molar-refractivity contribution in [3.05, 3.63) is 54.3 Å². The van der Waals surface area contributed by atoms with Crippen molar-refractivity contribution in [2.24, 2.45) is 0 Å². The minimum absolute atomic E-state index is 0.0523. The second kappa shape index (κ2) is 8.20. The van der Waals surface area contributed by atoms with E-state index in [0.717, 1.165) is 16.5 Å². The first-order valence-corrected chi connectivity index (χ1v) is 8.05. The number of likely N-dealkylation sites (N-methyl/N-ethyl adjacent to an activating group) is 1. The third-order valence-electron chi connectivity index (χ3n) is 3.27. The first kappa shape index (κ1) is 16.8. The van der Waals surface area contributed by atoms with Gasteiger partial charge in [0.25, 0.3) is 0 Å². The van der Waals surface area contributed by atoms with Gasteiger partial charge in [-0.3, -0.25) is 4.99 Å². The van der Waals surface area contributed by atoms with Gasteiger partial charge in [-0.05, 0) is 23.4 Å². The van der Waals surface area contributed by atoms with E-state index in [9.17, 15) is 4.79 Å². The van der Waals surface area contributed by atoms with Gasteiger partial charge in [-0.15, -0.1) is 0 Å². The third kappa shape index (κ3) is 4.24. The topological polar surface area (TPSA) is 67.3 Å². The first-order valence-electron chi connectivity index (χ1n) is 7.06. The predicted molar refractivity (Wildman–Crippen MR) is 91.2 cm³/mol. The number of hydrogen-bond donors (Lipinski definition) is 1. The summed E-state index contributed by atoms with van der Waals surface area (Å²) >= 11 is 1.55. The van der Waals surface area contributed by atoms with Crippen molar-refractivity contribution >= 4 is 28.4 Å². The molecule has 118 valence electrons. The van der Waals surface area contributed by atoms with E-state index < -0.39 is 0 Å². The van der Waals surface area contributed by atoms with Gasteiger partial charge in [0.2, 0.25) is 0 Å². The zero-order valence-corrected chi connectivity index (χ0v) is 13.8. The zero-order valence-electron chi connectivity index (χ0n) is 13.0. The molecule has 6 heteroatoms. The molecule has 0 saturated carbocycles. The molecule has 0 aliphatic carbocycles. The Morgan fingerprint density at radius 1 is 1.48 bits per heavy atom. The van der Waals surface area contributed by atoms with Gasteiger partial charge in [0.15, 0.2) is 0 Å². The Bertz CT molecular complexity index is 690. The average Bonchev–Trinajstić information content (AvgIpc) is 3.06. The predicted octanol–water partition coefficient (Wildman–Crippen LogP) is 0.764. The lowest BCUT2D eigenvalue weighted by Gasteiger charge is -2.11. The Balaban J connectivity index is 2.20. The lowest BCUT2D eigenvalue weighted by Crippen LogP contribution is -2.78. The molecule has 1 atom stereocenters. The number of carbonyl (C=O) groups is 1. The standard InChI is InChI=1S/C17H17N3O2S/c1-20(17-19-14(12-23-17)9-6-10-18)16(21)15(11-22-2)13-7-4-3-5-8-13/h3-9,11,14H,12H2,1-2H3/p+1/b9-6+,15-11+. The molecule has 0 bridgehead atoms. The van der Waals surface area contributed by atoms with E-state index in [2.05, 4.69) is 4.99 Å². The molecule has 5 nitrogen and oxygen atoms in total. The molecule has 1 heterocycles. The van der Waals surface area contributed by atoms with Gasteiger partial charge in [-0.2, -0.15) is 10.2 Å². The quantitative estimate of drug-likeness (QED) is 0.503. The van der Waals surface area contributed by atoms with Gasteiger partial charge < -0.3 is 4.74 Å². The van der Waals surface area contributed by atoms with Crippen LogP contribution in [0.1, 0.15) is 5.56 Å². The molecule has 1 aromatic rings. The SMILES string of the molecule is CO/C=C(/C(=O)N(C)C1=[NH+]C(/C=C/C#N)CS1)c1ccccc1. The third-order valence-corrected chi connectivity index (χ3v) is 4.46. The molecule has 1 aliphatic rings. The summed E-state index contributed by atoms with van der Waals surface area (Å²) in [4.78, 5) is 17.6. The van der Waals surface area contributed by atoms with Gasteiger partial charge in [-0.25, -0.2) is 4.79 Å². The van der Waals surface area contributed by atoms with Gasteiger partial charge in [0.05, 0.1) is 26.5 Å². The van der Waals surface area contributed by atoms with Crippen LogP contribution in [-0.4, -0.2) is 41.9 Å². The number of carbonyl (C=O) groups excluding carboxylic acids is 1. The summed E-state index contributed by atoms with van der Waals surface area (Å²) in [5.41, 5.74) is 1.29. The van der Waals surface area contributed by atoms with E-state index in [-0.39, 0.29) is 11.9 Å². The Morgan fingerprint density at radius 2 is 2.22 bits per heavy atom. The number of rotatable bonds is 4. The van der Waals surface area contributed by atoms with Crippen LogP contribution in [-0.2, 0) is 9.53 Å². The van der Waals surface area contributed by atoms with Crippen molar-refractivity contribution in [3.8, 4) is 6.07 Å². The number of methoxy groups -OCH3 is 1. The molecule has 0 aromatic heterocycles. The average molecular weight is 328 g/mol. The van der Waals surface area contributed by atoms with E-state index in [1.165, 1.54) is 19.4 Å². The monoisotopic (exact) mass is 328 g/mol. The number of amidine groups is 1. The van der Waals surface area contributed by atoms with Crippen molar-refractivity contribution in [1.82, 2.24) is 4.90 Å². The molecule has 2 rings (SSSR count). The highest BCUT2D eigenvalue weighted by Crippen LogP contribution is 2.19. The molecule has 0 spiro atoms. The van der Waals surface area contributed by atoms with Crippen LogP contribution < -0.4 is 4.99 Å². The maximum absolute atomic E-state index is 12.8. The molecule has 1 N–H and O–H groups in total. The molecular weight excluding hydrogens is 310 g/mol. The fraction of sp³-hybridized carbons (Fsp3) is 0.235. The number of nitrogens with one attached hydrogen (secondary N) is 1. The van der Waals surface area contributed by atoms with E-state index in [1.54, 1.807) is 29.8 Å². The minimum Gasteiger partial charge on any atom is -0.503 e. The van der Waals surface area contributed by atoms with Crippen molar-refractivity contribution in [2.45, 2.75) is 6.04 Å². The van der Waals surface area contributed by atoms with Crippen molar-refractivity contribution in [3.63, 3.8) is 0 Å². The van der Waals surface area contributed by atoms with Gasteiger partial charge in [-0.1, -0.05) is 30.3 Å². The molecule has 0 radical (unpaired) electrons. The number of hydrogen-bond acceptors (Lipinski definition) is 4. The number of nitrogens with zero attached hydrogens (tertiary/aromatic N) is 2. The fourth-order valence-corrected chi connectivity index (χ4v) is 3.16. The number of benzene rings is 1. The van der Waals surface area contributed by atoms with E-state index in [0.29, 0.717) is 5.57 Å². The summed E-state index contributed by atoms with van der Waals surface area (Å²) in [5.74, 6) is 0.623.